The van der Waals surface area contributed by atoms with Crippen molar-refractivity contribution in [1.29, 1.82) is 0 Å². The molecule has 0 spiro atoms. The molecule has 0 fully saturated rings. The van der Waals surface area contributed by atoms with Crippen LogP contribution < -0.4 is 9.04 Å². The van der Waals surface area contributed by atoms with Gasteiger partial charge in [-0.25, -0.2) is 8.42 Å². The van der Waals surface area contributed by atoms with Crippen LogP contribution in [0.5, 0.6) is 5.75 Å². The van der Waals surface area contributed by atoms with E-state index in [-0.39, 0.29) is 4.90 Å². The summed E-state index contributed by atoms with van der Waals surface area (Å²) >= 11 is 5.80. The van der Waals surface area contributed by atoms with Gasteiger partial charge in [-0.15, -0.1) is 0 Å². The van der Waals surface area contributed by atoms with Crippen LogP contribution in [0.4, 0.5) is 5.69 Å². The molecule has 0 aliphatic carbocycles. The third-order valence-electron chi connectivity index (χ3n) is 2.91. The van der Waals surface area contributed by atoms with Crippen molar-refractivity contribution in [1.82, 2.24) is 0 Å². The van der Waals surface area contributed by atoms with Gasteiger partial charge in [0, 0.05) is 12.1 Å². The summed E-state index contributed by atoms with van der Waals surface area (Å²) in [6.45, 7) is 0. The summed E-state index contributed by atoms with van der Waals surface area (Å²) in [4.78, 5) is 0.204. The minimum absolute atomic E-state index is 0.204. The molecule has 2 aromatic carbocycles. The molecule has 4 nitrogen and oxygen atoms in total. The lowest BCUT2D eigenvalue weighted by Gasteiger charge is -2.19. The zero-order valence-corrected chi connectivity index (χ0v) is 12.6. The molecular formula is C14H14ClNO3S. The second-order valence-electron chi connectivity index (χ2n) is 4.12. The van der Waals surface area contributed by atoms with Crippen molar-refractivity contribution in [2.45, 2.75) is 4.90 Å². The lowest BCUT2D eigenvalue weighted by Crippen LogP contribution is -2.26. The summed E-state index contributed by atoms with van der Waals surface area (Å²) in [6, 6.07) is 12.9. The highest BCUT2D eigenvalue weighted by atomic mass is 35.5. The van der Waals surface area contributed by atoms with Gasteiger partial charge in [0.1, 0.15) is 5.75 Å². The summed E-state index contributed by atoms with van der Waals surface area (Å²) in [5.41, 5.74) is 0.546. The quantitative estimate of drug-likeness (QED) is 0.871. The molecule has 0 amide bonds. The van der Waals surface area contributed by atoms with Crippen LogP contribution in [0.25, 0.3) is 0 Å². The fraction of sp³-hybridized carbons (Fsp3) is 0.143. The van der Waals surface area contributed by atoms with Crippen LogP contribution in [0.1, 0.15) is 0 Å². The fourth-order valence-electron chi connectivity index (χ4n) is 1.70. The number of methoxy groups -OCH3 is 1. The normalized spacial score (nSPS) is 11.2. The summed E-state index contributed by atoms with van der Waals surface area (Å²) in [7, 11) is -0.561. The molecule has 0 aliphatic heterocycles. The summed E-state index contributed by atoms with van der Waals surface area (Å²) in [5, 5.41) is 0.559. The van der Waals surface area contributed by atoms with E-state index in [1.165, 1.54) is 30.6 Å². The maximum Gasteiger partial charge on any atom is 0.264 e. The zero-order valence-electron chi connectivity index (χ0n) is 11.1. The molecule has 0 bridgehead atoms. The summed E-state index contributed by atoms with van der Waals surface area (Å²) < 4.78 is 31.2. The highest BCUT2D eigenvalue weighted by Gasteiger charge is 2.21. The van der Waals surface area contributed by atoms with E-state index in [4.69, 9.17) is 16.3 Å². The van der Waals surface area contributed by atoms with E-state index in [9.17, 15) is 8.42 Å². The maximum atomic E-state index is 12.5. The second-order valence-corrected chi connectivity index (χ2v) is 6.53. The van der Waals surface area contributed by atoms with E-state index in [1.54, 1.807) is 36.4 Å². The number of hydrogen-bond acceptors (Lipinski definition) is 3. The monoisotopic (exact) mass is 311 g/mol. The molecule has 0 atom stereocenters. The number of anilines is 1. The summed E-state index contributed by atoms with van der Waals surface area (Å²) in [5.74, 6) is 0.609. The Kier molecular flexibility index (Phi) is 4.20. The van der Waals surface area contributed by atoms with Gasteiger partial charge in [0.05, 0.1) is 17.7 Å². The molecule has 0 radical (unpaired) electrons. The first-order valence-corrected chi connectivity index (χ1v) is 7.65. The van der Waals surface area contributed by atoms with Crippen molar-refractivity contribution < 1.29 is 13.2 Å². The molecule has 0 N–H and O–H groups in total. The van der Waals surface area contributed by atoms with Crippen molar-refractivity contribution >= 4 is 27.3 Å². The maximum absolute atomic E-state index is 12.5. The highest BCUT2D eigenvalue weighted by molar-refractivity contribution is 7.92. The third-order valence-corrected chi connectivity index (χ3v) is 4.96. The van der Waals surface area contributed by atoms with Crippen LogP contribution >= 0.6 is 11.6 Å². The van der Waals surface area contributed by atoms with E-state index < -0.39 is 10.0 Å². The third kappa shape index (κ3) is 2.89. The van der Waals surface area contributed by atoms with E-state index >= 15 is 0 Å². The van der Waals surface area contributed by atoms with Gasteiger partial charge >= 0.3 is 0 Å². The number of halogens is 1. The van der Waals surface area contributed by atoms with Crippen molar-refractivity contribution in [3.63, 3.8) is 0 Å². The molecule has 0 aliphatic rings. The first-order chi connectivity index (χ1) is 9.45. The van der Waals surface area contributed by atoms with Crippen molar-refractivity contribution in [2.75, 3.05) is 18.5 Å². The number of sulfonamides is 1. The molecule has 20 heavy (non-hydrogen) atoms. The predicted octanol–water partition coefficient (Wildman–Crippen LogP) is 3.17. The molecule has 0 heterocycles. The second kappa shape index (κ2) is 5.73. The molecule has 0 unspecified atom stereocenters. The van der Waals surface area contributed by atoms with Gasteiger partial charge in [0.25, 0.3) is 10.0 Å². The number of nitrogens with zero attached hydrogens (tertiary/aromatic N) is 1. The van der Waals surface area contributed by atoms with Crippen molar-refractivity contribution in [3.05, 3.63) is 53.6 Å². The molecule has 6 heteroatoms. The van der Waals surface area contributed by atoms with Crippen LogP contribution in [0.15, 0.2) is 53.4 Å². The van der Waals surface area contributed by atoms with Crippen molar-refractivity contribution in [2.24, 2.45) is 0 Å². The van der Waals surface area contributed by atoms with E-state index in [2.05, 4.69) is 0 Å². The zero-order chi connectivity index (χ0) is 14.8. The molecule has 2 aromatic rings. The Morgan fingerprint density at radius 3 is 2.05 bits per heavy atom. The molecule has 0 saturated heterocycles. The first-order valence-electron chi connectivity index (χ1n) is 5.83. The van der Waals surface area contributed by atoms with Crippen LogP contribution in [0, 0.1) is 0 Å². The Labute approximate surface area is 123 Å². The molecule has 0 saturated carbocycles. The van der Waals surface area contributed by atoms with Gasteiger partial charge in [0.15, 0.2) is 0 Å². The number of benzene rings is 2. The summed E-state index contributed by atoms with van der Waals surface area (Å²) in [6.07, 6.45) is 0. The standard InChI is InChI=1S/C14H14ClNO3S/c1-16(12-5-3-11(15)4-6-12)20(17,18)14-9-7-13(19-2)8-10-14/h3-10H,1-2H3. The van der Waals surface area contributed by atoms with Crippen LogP contribution in [-0.2, 0) is 10.0 Å². The Balaban J connectivity index is 2.35. The van der Waals surface area contributed by atoms with Gasteiger partial charge in [-0.1, -0.05) is 11.6 Å². The lowest BCUT2D eigenvalue weighted by molar-refractivity contribution is 0.414. The highest BCUT2D eigenvalue weighted by Crippen LogP contribution is 2.24. The smallest absolute Gasteiger partial charge is 0.264 e. The van der Waals surface area contributed by atoms with Crippen LogP contribution in [0.2, 0.25) is 5.02 Å². The predicted molar refractivity (Wildman–Crippen MR) is 80.0 cm³/mol. The largest absolute Gasteiger partial charge is 0.497 e. The van der Waals surface area contributed by atoms with E-state index in [0.29, 0.717) is 16.5 Å². The average Bonchev–Trinajstić information content (AvgIpc) is 2.47. The lowest BCUT2D eigenvalue weighted by atomic mass is 10.3. The fourth-order valence-corrected chi connectivity index (χ4v) is 3.02. The minimum Gasteiger partial charge on any atom is -0.497 e. The van der Waals surface area contributed by atoms with Gasteiger partial charge in [0.2, 0.25) is 0 Å². The number of ether oxygens (including phenoxy) is 1. The molecule has 0 aromatic heterocycles. The molecular weight excluding hydrogens is 298 g/mol. The Morgan fingerprint density at radius 1 is 1.00 bits per heavy atom. The Hall–Kier alpha value is -1.72. The minimum atomic E-state index is -3.60. The van der Waals surface area contributed by atoms with Gasteiger partial charge in [-0.2, -0.15) is 0 Å². The van der Waals surface area contributed by atoms with Crippen LogP contribution in [0.3, 0.4) is 0 Å². The van der Waals surface area contributed by atoms with Crippen LogP contribution in [-0.4, -0.2) is 22.6 Å². The van der Waals surface area contributed by atoms with Gasteiger partial charge in [-0.3, -0.25) is 4.31 Å². The van der Waals surface area contributed by atoms with Crippen molar-refractivity contribution in [3.8, 4) is 5.75 Å². The topological polar surface area (TPSA) is 46.6 Å². The van der Waals surface area contributed by atoms with E-state index in [0.717, 1.165) is 0 Å². The average molecular weight is 312 g/mol. The molecule has 106 valence electrons. The first kappa shape index (κ1) is 14.7. The Bertz CT molecular complexity index is 681. The Morgan fingerprint density at radius 2 is 1.55 bits per heavy atom. The molecule has 2 rings (SSSR count). The SMILES string of the molecule is COc1ccc(S(=O)(=O)N(C)c2ccc(Cl)cc2)cc1. The number of hydrogen-bond donors (Lipinski definition) is 0. The number of rotatable bonds is 4. The van der Waals surface area contributed by atoms with Gasteiger partial charge in [-0.05, 0) is 48.5 Å². The van der Waals surface area contributed by atoms with Gasteiger partial charge < -0.3 is 4.74 Å². The van der Waals surface area contributed by atoms with E-state index in [1.807, 2.05) is 0 Å².